The third-order valence-electron chi connectivity index (χ3n) is 6.23. The van der Waals surface area contributed by atoms with Gasteiger partial charge in [-0.25, -0.2) is 0 Å². The van der Waals surface area contributed by atoms with Crippen molar-refractivity contribution in [2.45, 2.75) is 122 Å². The Morgan fingerprint density at radius 3 is 1.36 bits per heavy atom. The molecule has 0 amide bonds. The smallest absolute Gasteiger partial charge is 0.161 e. The lowest BCUT2D eigenvalue weighted by Crippen LogP contribution is -2.19. The summed E-state index contributed by atoms with van der Waals surface area (Å²) in [5.74, 6) is 0.0696. The Kier molecular flexibility index (Phi) is 12.2. The van der Waals surface area contributed by atoms with Gasteiger partial charge in [0, 0.05) is 6.42 Å². The first-order chi connectivity index (χ1) is 13.8. The summed E-state index contributed by atoms with van der Waals surface area (Å²) in [5, 5.41) is 10.0. The lowest BCUT2D eigenvalue weighted by Gasteiger charge is -2.10. The Morgan fingerprint density at radius 1 is 0.536 bits per heavy atom. The fourth-order valence-electron chi connectivity index (χ4n) is 4.26. The van der Waals surface area contributed by atoms with Gasteiger partial charge in [0.1, 0.15) is 6.10 Å². The van der Waals surface area contributed by atoms with Gasteiger partial charge in [-0.1, -0.05) is 94.9 Å². The molecule has 0 heterocycles. The zero-order valence-corrected chi connectivity index (χ0v) is 18.0. The van der Waals surface area contributed by atoms with Crippen LogP contribution in [0.1, 0.15) is 114 Å². The zero-order chi connectivity index (χ0) is 19.9. The number of aryl methyl sites for hydroxylation is 2. The van der Waals surface area contributed by atoms with Gasteiger partial charge in [-0.2, -0.15) is 0 Å². The number of hydrogen-bond acceptors (Lipinski definition) is 2. The molecule has 2 aliphatic carbocycles. The molecule has 28 heavy (non-hydrogen) atoms. The van der Waals surface area contributed by atoms with E-state index in [0.29, 0.717) is 12.8 Å². The molecule has 3 rings (SSSR count). The van der Waals surface area contributed by atoms with E-state index in [1.807, 2.05) is 0 Å². The number of Topliss-reactive ketones (excluding diaryl/α,β-unsaturated/α-hetero) is 1. The van der Waals surface area contributed by atoms with E-state index >= 15 is 0 Å². The molecule has 1 aromatic rings. The van der Waals surface area contributed by atoms with Crippen LogP contribution in [-0.4, -0.2) is 17.0 Å². The van der Waals surface area contributed by atoms with Gasteiger partial charge in [-0.15, -0.1) is 0 Å². The highest BCUT2D eigenvalue weighted by molar-refractivity contribution is 5.82. The summed E-state index contributed by atoms with van der Waals surface area (Å²) in [4.78, 5) is 12.0. The second-order valence-electron chi connectivity index (χ2n) is 8.79. The number of benzene rings is 1. The third-order valence-corrected chi connectivity index (χ3v) is 6.23. The van der Waals surface area contributed by atoms with Gasteiger partial charge >= 0.3 is 0 Å². The van der Waals surface area contributed by atoms with Gasteiger partial charge in [-0.3, -0.25) is 4.79 Å². The first kappa shape index (κ1) is 23.1. The van der Waals surface area contributed by atoms with E-state index in [2.05, 4.69) is 24.3 Å². The maximum Gasteiger partial charge on any atom is 0.161 e. The number of carbonyl (C=O) groups excluding carboxylic acids is 1. The molecule has 0 saturated heterocycles. The van der Waals surface area contributed by atoms with E-state index < -0.39 is 6.10 Å². The van der Waals surface area contributed by atoms with Crippen molar-refractivity contribution >= 4 is 5.78 Å². The quantitative estimate of drug-likeness (QED) is 0.523. The molecular weight excluding hydrogens is 344 g/mol. The lowest BCUT2D eigenvalue weighted by molar-refractivity contribution is -0.127. The second kappa shape index (κ2) is 14.8. The first-order valence-electron chi connectivity index (χ1n) is 12.0. The molecule has 1 unspecified atom stereocenters. The molecular formula is C26H42O2. The van der Waals surface area contributed by atoms with Crippen LogP contribution in [0.4, 0.5) is 0 Å². The zero-order valence-electron chi connectivity index (χ0n) is 18.0. The fourth-order valence-corrected chi connectivity index (χ4v) is 4.26. The van der Waals surface area contributed by atoms with Crippen LogP contribution in [0, 0.1) is 0 Å². The largest absolute Gasteiger partial charge is 0.385 e. The molecule has 2 heteroatoms. The molecule has 158 valence electrons. The van der Waals surface area contributed by atoms with Crippen LogP contribution in [0.5, 0.6) is 0 Å². The number of rotatable bonds is 0. The maximum absolute atomic E-state index is 12.0. The van der Waals surface area contributed by atoms with E-state index in [4.69, 9.17) is 0 Å². The van der Waals surface area contributed by atoms with Crippen LogP contribution in [0.3, 0.4) is 0 Å². The minimum Gasteiger partial charge on any atom is -0.385 e. The van der Waals surface area contributed by atoms with Crippen molar-refractivity contribution in [1.29, 1.82) is 0 Å². The molecule has 0 aromatic heterocycles. The molecule has 0 spiro atoms. The average molecular weight is 387 g/mol. The van der Waals surface area contributed by atoms with E-state index in [1.54, 1.807) is 0 Å². The van der Waals surface area contributed by atoms with Crippen molar-refractivity contribution in [1.82, 2.24) is 0 Å². The van der Waals surface area contributed by atoms with Crippen LogP contribution in [0.25, 0.3) is 0 Å². The summed E-state index contributed by atoms with van der Waals surface area (Å²) in [6, 6.07) is 9.33. The summed E-state index contributed by atoms with van der Waals surface area (Å²) in [6.45, 7) is 0. The molecule has 0 aliphatic heterocycles. The van der Waals surface area contributed by atoms with Crippen molar-refractivity contribution in [2.24, 2.45) is 0 Å². The second-order valence-corrected chi connectivity index (χ2v) is 8.79. The minimum atomic E-state index is -0.711. The molecule has 0 radical (unpaired) electrons. The highest BCUT2D eigenvalue weighted by Gasteiger charge is 2.13. The van der Waals surface area contributed by atoms with E-state index in [9.17, 15) is 9.90 Å². The summed E-state index contributed by atoms with van der Waals surface area (Å²) in [6.07, 6.45) is 19.9. The van der Waals surface area contributed by atoms with Crippen LogP contribution >= 0.6 is 0 Å². The number of fused-ring (bicyclic) bond motifs is 21. The van der Waals surface area contributed by atoms with Gasteiger partial charge in [0.05, 0.1) is 0 Å². The topological polar surface area (TPSA) is 37.3 Å². The Morgan fingerprint density at radius 2 is 0.893 bits per heavy atom. The molecule has 1 aromatic carbocycles. The van der Waals surface area contributed by atoms with Gasteiger partial charge < -0.3 is 5.11 Å². The number of carbonyl (C=O) groups is 1. The van der Waals surface area contributed by atoms with E-state index in [1.165, 1.54) is 88.2 Å². The predicted octanol–water partition coefficient (Wildman–Crippen LogP) is 6.96. The SMILES string of the molecule is O=C1CCCCCCCCCc2ccc(cc2)CCCCCCCCCC1O. The highest BCUT2D eigenvalue weighted by atomic mass is 16.3. The van der Waals surface area contributed by atoms with Crippen molar-refractivity contribution in [2.75, 3.05) is 0 Å². The number of ketones is 1. The van der Waals surface area contributed by atoms with Gasteiger partial charge in [0.25, 0.3) is 0 Å². The number of aliphatic hydroxyl groups excluding tert-OH is 1. The molecule has 1 N–H and O–H groups in total. The van der Waals surface area contributed by atoms with Crippen LogP contribution in [0.2, 0.25) is 0 Å². The molecule has 2 bridgehead atoms. The van der Waals surface area contributed by atoms with Gasteiger partial charge in [0.2, 0.25) is 0 Å². The lowest BCUT2D eigenvalue weighted by atomic mass is 9.99. The summed E-state index contributed by atoms with van der Waals surface area (Å²) in [7, 11) is 0. The van der Waals surface area contributed by atoms with Crippen molar-refractivity contribution < 1.29 is 9.90 Å². The summed E-state index contributed by atoms with van der Waals surface area (Å²) < 4.78 is 0. The fraction of sp³-hybridized carbons (Fsp3) is 0.731. The Bertz CT molecular complexity index is 520. The highest BCUT2D eigenvalue weighted by Crippen LogP contribution is 2.16. The van der Waals surface area contributed by atoms with Crippen LogP contribution < -0.4 is 0 Å². The molecule has 0 saturated carbocycles. The Hall–Kier alpha value is -1.15. The molecule has 2 nitrogen and oxygen atoms in total. The number of hydrogen-bond donors (Lipinski definition) is 1. The maximum atomic E-state index is 12.0. The molecule has 0 fully saturated rings. The van der Waals surface area contributed by atoms with Crippen LogP contribution in [0.15, 0.2) is 24.3 Å². The molecule has 2 aliphatic rings. The Labute approximate surface area is 173 Å². The van der Waals surface area contributed by atoms with Crippen molar-refractivity contribution in [3.8, 4) is 0 Å². The number of aliphatic hydroxyl groups is 1. The van der Waals surface area contributed by atoms with Gasteiger partial charge in [0.15, 0.2) is 5.78 Å². The van der Waals surface area contributed by atoms with Crippen molar-refractivity contribution in [3.05, 3.63) is 35.4 Å². The standard InChI is InChI=1S/C26H42O2/c27-25-17-13-9-5-1-3-7-11-15-23-19-21-24(22-20-23)16-12-8-4-2-6-10-14-18-26(25)28/h19-22,25,27H,1-18H2. The van der Waals surface area contributed by atoms with Gasteiger partial charge in [-0.05, 0) is 49.7 Å². The van der Waals surface area contributed by atoms with E-state index in [-0.39, 0.29) is 5.78 Å². The monoisotopic (exact) mass is 386 g/mol. The minimum absolute atomic E-state index is 0.0696. The summed E-state index contributed by atoms with van der Waals surface area (Å²) in [5.41, 5.74) is 2.96. The Balaban J connectivity index is 1.72. The third kappa shape index (κ3) is 10.4. The first-order valence-corrected chi connectivity index (χ1v) is 12.0. The van der Waals surface area contributed by atoms with Crippen molar-refractivity contribution in [3.63, 3.8) is 0 Å². The van der Waals surface area contributed by atoms with Crippen LogP contribution in [-0.2, 0) is 17.6 Å². The van der Waals surface area contributed by atoms with E-state index in [0.717, 1.165) is 25.7 Å². The average Bonchev–Trinajstić information content (AvgIpc) is 2.71. The normalized spacial score (nSPS) is 23.2. The predicted molar refractivity (Wildman–Crippen MR) is 119 cm³/mol. The molecule has 1 atom stereocenters. The summed E-state index contributed by atoms with van der Waals surface area (Å²) >= 11 is 0.